The third kappa shape index (κ3) is 6.29. The summed E-state index contributed by atoms with van der Waals surface area (Å²) in [6.45, 7) is 10.4. The largest absolute Gasteiger partial charge is 0.451 e. The minimum atomic E-state index is -0.656. The minimum absolute atomic E-state index is 0.0497. The van der Waals surface area contributed by atoms with E-state index in [9.17, 15) is 14.4 Å². The maximum atomic E-state index is 16.0. The molecular formula is C36H40FN5O6. The molecule has 252 valence electrons. The molecule has 0 spiro atoms. The Balaban J connectivity index is 1.24. The highest BCUT2D eigenvalue weighted by Crippen LogP contribution is 2.46. The lowest BCUT2D eigenvalue weighted by molar-refractivity contribution is 0.0378. The Morgan fingerprint density at radius 1 is 1.06 bits per heavy atom. The average molecular weight is 658 g/mol. The number of hydrogen-bond donors (Lipinski definition) is 2. The number of nitrogens with zero attached hydrogens (tertiary/aromatic N) is 3. The number of hydrogen-bond acceptors (Lipinski definition) is 8. The molecule has 3 aromatic carbocycles. The Morgan fingerprint density at radius 3 is 2.56 bits per heavy atom. The van der Waals surface area contributed by atoms with E-state index in [1.807, 2.05) is 36.4 Å². The number of amides is 2. The van der Waals surface area contributed by atoms with Crippen molar-refractivity contribution in [2.45, 2.75) is 45.3 Å². The van der Waals surface area contributed by atoms with Crippen LogP contribution in [0.4, 0.5) is 14.9 Å². The maximum absolute atomic E-state index is 16.0. The van der Waals surface area contributed by atoms with Crippen LogP contribution in [0.5, 0.6) is 11.5 Å². The van der Waals surface area contributed by atoms with Crippen molar-refractivity contribution in [1.82, 2.24) is 19.7 Å². The van der Waals surface area contributed by atoms with E-state index in [2.05, 4.69) is 15.5 Å². The average Bonchev–Trinajstić information content (AvgIpc) is 3.51. The third-order valence-electron chi connectivity index (χ3n) is 8.98. The highest BCUT2D eigenvalue weighted by molar-refractivity contribution is 6.02. The quantitative estimate of drug-likeness (QED) is 0.228. The third-order valence-corrected chi connectivity index (χ3v) is 8.98. The summed E-state index contributed by atoms with van der Waals surface area (Å²) in [5.74, 6) is -0.434. The van der Waals surface area contributed by atoms with E-state index in [0.717, 1.165) is 36.8 Å². The topological polar surface area (TPSA) is 114 Å². The van der Waals surface area contributed by atoms with Crippen molar-refractivity contribution in [2.24, 2.45) is 0 Å². The van der Waals surface area contributed by atoms with Crippen molar-refractivity contribution in [3.05, 3.63) is 70.3 Å². The van der Waals surface area contributed by atoms with E-state index in [-0.39, 0.29) is 35.0 Å². The number of aromatic nitrogens is 1. The normalized spacial score (nSPS) is 17.7. The number of benzene rings is 3. The second-order valence-corrected chi connectivity index (χ2v) is 13.6. The zero-order valence-corrected chi connectivity index (χ0v) is 27.4. The number of fused-ring (bicyclic) bond motifs is 3. The Hall–Kier alpha value is -4.68. The van der Waals surface area contributed by atoms with Gasteiger partial charge in [0.2, 0.25) is 5.43 Å². The molecule has 2 N–H and O–H groups in total. The number of likely N-dealkylation sites (tertiary alicyclic amines) is 1. The summed E-state index contributed by atoms with van der Waals surface area (Å²) in [6.07, 6.45) is 2.27. The van der Waals surface area contributed by atoms with Crippen molar-refractivity contribution >= 4 is 39.4 Å². The molecule has 0 radical (unpaired) electrons. The molecule has 1 unspecified atom stereocenters. The first kappa shape index (κ1) is 31.9. The van der Waals surface area contributed by atoms with E-state index >= 15 is 4.39 Å². The van der Waals surface area contributed by atoms with E-state index in [4.69, 9.17) is 14.2 Å². The fraction of sp³-hybridized carbons (Fsp3) is 0.417. The van der Waals surface area contributed by atoms with Gasteiger partial charge in [0.15, 0.2) is 17.3 Å². The smallest absolute Gasteiger partial charge is 0.407 e. The van der Waals surface area contributed by atoms with Crippen LogP contribution < -0.4 is 20.8 Å². The second-order valence-electron chi connectivity index (χ2n) is 13.6. The van der Waals surface area contributed by atoms with Gasteiger partial charge in [0.05, 0.1) is 30.3 Å². The molecule has 4 heterocycles. The summed E-state index contributed by atoms with van der Waals surface area (Å²) in [7, 11) is 0. The summed E-state index contributed by atoms with van der Waals surface area (Å²) in [4.78, 5) is 44.2. The second kappa shape index (κ2) is 12.7. The first-order chi connectivity index (χ1) is 23.1. The zero-order valence-electron chi connectivity index (χ0n) is 27.4. The fourth-order valence-corrected chi connectivity index (χ4v) is 6.67. The Bertz CT molecular complexity index is 1970. The van der Waals surface area contributed by atoms with E-state index in [1.165, 1.54) is 6.07 Å². The van der Waals surface area contributed by atoms with Crippen LogP contribution in [0.25, 0.3) is 27.4 Å². The van der Waals surface area contributed by atoms with E-state index in [1.54, 1.807) is 36.4 Å². The van der Waals surface area contributed by atoms with Gasteiger partial charge in [-0.25, -0.2) is 9.18 Å². The molecule has 12 heteroatoms. The van der Waals surface area contributed by atoms with Crippen LogP contribution in [-0.2, 0) is 9.47 Å². The van der Waals surface area contributed by atoms with E-state index in [0.29, 0.717) is 49.7 Å². The predicted octanol–water partition coefficient (Wildman–Crippen LogP) is 5.26. The predicted molar refractivity (Wildman–Crippen MR) is 181 cm³/mol. The Labute approximate surface area is 277 Å². The molecule has 2 amide bonds. The van der Waals surface area contributed by atoms with Gasteiger partial charge in [0.1, 0.15) is 22.4 Å². The molecular weight excluding hydrogens is 617 g/mol. The number of anilines is 1. The Morgan fingerprint density at radius 2 is 1.81 bits per heavy atom. The molecule has 11 nitrogen and oxygen atoms in total. The van der Waals surface area contributed by atoms with Gasteiger partial charge in [0.25, 0.3) is 5.91 Å². The molecule has 4 aromatic rings. The van der Waals surface area contributed by atoms with E-state index < -0.39 is 28.8 Å². The van der Waals surface area contributed by atoms with Crippen molar-refractivity contribution < 1.29 is 28.2 Å². The van der Waals surface area contributed by atoms with Gasteiger partial charge in [-0.15, -0.1) is 0 Å². The fourth-order valence-electron chi connectivity index (χ4n) is 6.67. The summed E-state index contributed by atoms with van der Waals surface area (Å²) in [5.41, 5.74) is -0.124. The molecule has 2 fully saturated rings. The molecule has 2 saturated heterocycles. The van der Waals surface area contributed by atoms with Crippen LogP contribution in [0.2, 0.25) is 0 Å². The Kier molecular flexibility index (Phi) is 8.46. The van der Waals surface area contributed by atoms with Gasteiger partial charge in [-0.1, -0.05) is 24.3 Å². The van der Waals surface area contributed by atoms with Gasteiger partial charge >= 0.3 is 6.09 Å². The van der Waals surface area contributed by atoms with Crippen LogP contribution >= 0.6 is 0 Å². The molecule has 3 aliphatic rings. The van der Waals surface area contributed by atoms with Crippen molar-refractivity contribution in [2.75, 3.05) is 57.8 Å². The zero-order chi connectivity index (χ0) is 33.6. The molecule has 1 aromatic heterocycles. The maximum Gasteiger partial charge on any atom is 0.407 e. The molecule has 3 aliphatic heterocycles. The summed E-state index contributed by atoms with van der Waals surface area (Å²) >= 11 is 0. The summed E-state index contributed by atoms with van der Waals surface area (Å²) in [5, 5.41) is 7.99. The van der Waals surface area contributed by atoms with Crippen LogP contribution in [0.3, 0.4) is 0 Å². The number of rotatable bonds is 7. The molecule has 0 bridgehead atoms. The lowest BCUT2D eigenvalue weighted by Crippen LogP contribution is -2.41. The van der Waals surface area contributed by atoms with Gasteiger partial charge in [-0.05, 0) is 69.1 Å². The SMILES string of the molecule is CC(C)(C)OC(=O)NC1CCN(C(=O)c2cn3c4c(c(NCCCN5CCOCC5)c(F)cc4c2=O)Oc2cc4ccccc4cc2-3)C1. The number of carbonyl (C=O) groups is 2. The number of carbonyl (C=O) groups excluding carboxylic acids is 2. The number of alkyl carbamates (subject to hydrolysis) is 1. The number of pyridine rings is 1. The minimum Gasteiger partial charge on any atom is -0.451 e. The standard InChI is InChI=1S/C36H40FN5O6/c1-36(2,3)48-35(45)39-24-9-12-41(20-24)34(44)26-21-42-28-17-22-7-4-5-8-23(22)18-29(28)47-33-30(27(37)19-25(31(33)42)32(26)43)38-10-6-11-40-13-15-46-16-14-40/h4-5,7-8,17-19,21,24,38H,6,9-16,20H2,1-3H3,(H,39,45). The van der Waals surface area contributed by atoms with Crippen LogP contribution in [0.15, 0.2) is 53.5 Å². The first-order valence-corrected chi connectivity index (χ1v) is 16.5. The van der Waals surface area contributed by atoms with Crippen molar-refractivity contribution in [3.8, 4) is 17.2 Å². The molecule has 0 saturated carbocycles. The first-order valence-electron chi connectivity index (χ1n) is 16.5. The number of halogens is 1. The summed E-state index contributed by atoms with van der Waals surface area (Å²) in [6, 6.07) is 12.5. The van der Waals surface area contributed by atoms with Crippen LogP contribution in [0, 0.1) is 5.82 Å². The van der Waals surface area contributed by atoms with Crippen molar-refractivity contribution in [3.63, 3.8) is 0 Å². The molecule has 7 rings (SSSR count). The molecule has 1 atom stereocenters. The highest BCUT2D eigenvalue weighted by Gasteiger charge is 2.33. The molecule has 48 heavy (non-hydrogen) atoms. The van der Waals surface area contributed by atoms with Gasteiger partial charge in [-0.2, -0.15) is 0 Å². The number of nitrogens with one attached hydrogen (secondary N) is 2. The van der Waals surface area contributed by atoms with Crippen LogP contribution in [-0.4, -0.2) is 90.5 Å². The summed E-state index contributed by atoms with van der Waals surface area (Å²) < 4.78 is 35.0. The lowest BCUT2D eigenvalue weighted by atomic mass is 10.0. The molecule has 0 aliphatic carbocycles. The monoisotopic (exact) mass is 657 g/mol. The number of ether oxygens (including phenoxy) is 3. The van der Waals surface area contributed by atoms with Gasteiger partial charge in [-0.3, -0.25) is 14.5 Å². The van der Waals surface area contributed by atoms with Gasteiger partial charge in [0, 0.05) is 38.9 Å². The van der Waals surface area contributed by atoms with Gasteiger partial charge < -0.3 is 34.3 Å². The lowest BCUT2D eigenvalue weighted by Gasteiger charge is -2.28. The highest BCUT2D eigenvalue weighted by atomic mass is 19.1. The van der Waals surface area contributed by atoms with Crippen molar-refractivity contribution in [1.29, 1.82) is 0 Å². The van der Waals surface area contributed by atoms with Crippen LogP contribution in [0.1, 0.15) is 44.0 Å². The number of morpholine rings is 1.